The van der Waals surface area contributed by atoms with Crippen molar-refractivity contribution in [1.29, 1.82) is 0 Å². The van der Waals surface area contributed by atoms with E-state index in [0.717, 1.165) is 44.9 Å². The van der Waals surface area contributed by atoms with Crippen LogP contribution in [0.3, 0.4) is 0 Å². The first kappa shape index (κ1) is 20.3. The molecule has 0 aromatic carbocycles. The summed E-state index contributed by atoms with van der Waals surface area (Å²) in [7, 11) is 1.91. The summed E-state index contributed by atoms with van der Waals surface area (Å²) in [5.74, 6) is 1.42. The first-order chi connectivity index (χ1) is 13.0. The van der Waals surface area contributed by atoms with E-state index < -0.39 is 0 Å². The standard InChI is InChI=1S/C21H36N4O2/c1-17(2)9-10-24-11-13-25(14-12-24)15-20-22-19(16-27-20)21(26)23(3)18-7-5-4-6-8-18/h16-18H,4-15H2,1-3H3. The average Bonchev–Trinajstić information content (AvgIpc) is 3.15. The van der Waals surface area contributed by atoms with Crippen molar-refractivity contribution in [1.82, 2.24) is 19.7 Å². The number of carbonyl (C=O) groups excluding carboxylic acids is 1. The van der Waals surface area contributed by atoms with E-state index in [2.05, 4.69) is 28.6 Å². The molecule has 0 spiro atoms. The van der Waals surface area contributed by atoms with Crippen molar-refractivity contribution in [2.45, 2.75) is 65.0 Å². The SMILES string of the molecule is CC(C)CCN1CCN(Cc2nc(C(=O)N(C)C3CCCCC3)co2)CC1. The summed E-state index contributed by atoms with van der Waals surface area (Å²) >= 11 is 0. The molecule has 27 heavy (non-hydrogen) atoms. The van der Waals surface area contributed by atoms with Gasteiger partial charge in [0.25, 0.3) is 5.91 Å². The molecule has 1 aliphatic heterocycles. The van der Waals surface area contributed by atoms with Gasteiger partial charge in [0.2, 0.25) is 5.89 Å². The molecule has 0 unspecified atom stereocenters. The van der Waals surface area contributed by atoms with Gasteiger partial charge in [0.05, 0.1) is 6.54 Å². The minimum atomic E-state index is -0.00425. The molecule has 0 bridgehead atoms. The molecule has 1 amide bonds. The third-order valence-electron chi connectivity index (χ3n) is 6.06. The van der Waals surface area contributed by atoms with Crippen LogP contribution in [0.25, 0.3) is 0 Å². The Hall–Kier alpha value is -1.40. The fraction of sp³-hybridized carbons (Fsp3) is 0.810. The van der Waals surface area contributed by atoms with Crippen molar-refractivity contribution in [3.63, 3.8) is 0 Å². The molecular formula is C21H36N4O2. The molecule has 2 aliphatic rings. The van der Waals surface area contributed by atoms with Gasteiger partial charge in [-0.3, -0.25) is 9.69 Å². The number of amides is 1. The van der Waals surface area contributed by atoms with Crippen molar-refractivity contribution in [2.24, 2.45) is 5.92 Å². The zero-order valence-electron chi connectivity index (χ0n) is 17.3. The number of aromatic nitrogens is 1. The largest absolute Gasteiger partial charge is 0.447 e. The van der Waals surface area contributed by atoms with Crippen molar-refractivity contribution in [2.75, 3.05) is 39.8 Å². The number of carbonyl (C=O) groups is 1. The van der Waals surface area contributed by atoms with Crippen molar-refractivity contribution < 1.29 is 9.21 Å². The average molecular weight is 377 g/mol. The quantitative estimate of drug-likeness (QED) is 0.731. The molecule has 6 nitrogen and oxygen atoms in total. The lowest BCUT2D eigenvalue weighted by Gasteiger charge is -2.34. The molecular weight excluding hydrogens is 340 g/mol. The summed E-state index contributed by atoms with van der Waals surface area (Å²) < 4.78 is 5.62. The van der Waals surface area contributed by atoms with Crippen LogP contribution in [-0.4, -0.2) is 71.4 Å². The van der Waals surface area contributed by atoms with Gasteiger partial charge in [-0.1, -0.05) is 33.1 Å². The molecule has 1 aromatic heterocycles. The molecule has 1 aliphatic carbocycles. The van der Waals surface area contributed by atoms with Crippen LogP contribution in [0.1, 0.15) is 68.8 Å². The molecule has 2 heterocycles. The van der Waals surface area contributed by atoms with Crippen molar-refractivity contribution >= 4 is 5.91 Å². The highest BCUT2D eigenvalue weighted by atomic mass is 16.3. The topological polar surface area (TPSA) is 52.8 Å². The number of piperazine rings is 1. The lowest BCUT2D eigenvalue weighted by atomic mass is 9.94. The number of hydrogen-bond donors (Lipinski definition) is 0. The Morgan fingerprint density at radius 1 is 1.19 bits per heavy atom. The third-order valence-corrected chi connectivity index (χ3v) is 6.06. The normalized spacial score (nSPS) is 20.3. The maximum Gasteiger partial charge on any atom is 0.275 e. The van der Waals surface area contributed by atoms with Gasteiger partial charge in [-0.2, -0.15) is 0 Å². The van der Waals surface area contributed by atoms with E-state index in [4.69, 9.17) is 4.42 Å². The molecule has 6 heteroatoms. The van der Waals surface area contributed by atoms with Gasteiger partial charge in [0.15, 0.2) is 5.69 Å². The monoisotopic (exact) mass is 376 g/mol. The van der Waals surface area contributed by atoms with Gasteiger partial charge >= 0.3 is 0 Å². The highest BCUT2D eigenvalue weighted by molar-refractivity contribution is 5.92. The summed E-state index contributed by atoms with van der Waals surface area (Å²) in [6, 6.07) is 0.352. The number of oxazole rings is 1. The van der Waals surface area contributed by atoms with Gasteiger partial charge < -0.3 is 14.2 Å². The van der Waals surface area contributed by atoms with Crippen LogP contribution >= 0.6 is 0 Å². The molecule has 1 saturated carbocycles. The van der Waals surface area contributed by atoms with E-state index in [1.165, 1.54) is 38.5 Å². The lowest BCUT2D eigenvalue weighted by molar-refractivity contribution is 0.0690. The van der Waals surface area contributed by atoms with E-state index in [1.54, 1.807) is 0 Å². The van der Waals surface area contributed by atoms with Crippen molar-refractivity contribution in [3.8, 4) is 0 Å². The van der Waals surface area contributed by atoms with Gasteiger partial charge in [-0.25, -0.2) is 4.98 Å². The predicted molar refractivity (Wildman–Crippen MR) is 107 cm³/mol. The summed E-state index contributed by atoms with van der Waals surface area (Å²) in [6.45, 7) is 10.7. The van der Waals surface area contributed by atoms with Crippen LogP contribution in [0.2, 0.25) is 0 Å². The zero-order chi connectivity index (χ0) is 19.2. The van der Waals surface area contributed by atoms with E-state index in [-0.39, 0.29) is 5.91 Å². The number of nitrogens with zero attached hydrogens (tertiary/aromatic N) is 4. The second-order valence-electron chi connectivity index (χ2n) is 8.63. The Balaban J connectivity index is 1.46. The van der Waals surface area contributed by atoms with E-state index in [0.29, 0.717) is 24.2 Å². The maximum atomic E-state index is 12.7. The van der Waals surface area contributed by atoms with Crippen LogP contribution in [0.4, 0.5) is 0 Å². The van der Waals surface area contributed by atoms with E-state index in [9.17, 15) is 4.79 Å². The Morgan fingerprint density at radius 3 is 2.52 bits per heavy atom. The Kier molecular flexibility index (Phi) is 7.30. The van der Waals surface area contributed by atoms with Gasteiger partial charge in [0, 0.05) is 39.3 Å². The third kappa shape index (κ3) is 5.79. The fourth-order valence-corrected chi connectivity index (χ4v) is 4.10. The summed E-state index contributed by atoms with van der Waals surface area (Å²) in [5.41, 5.74) is 0.452. The summed E-state index contributed by atoms with van der Waals surface area (Å²) in [6.07, 6.45) is 8.74. The highest BCUT2D eigenvalue weighted by Gasteiger charge is 2.26. The molecule has 1 aromatic rings. The maximum absolute atomic E-state index is 12.7. The molecule has 2 fully saturated rings. The van der Waals surface area contributed by atoms with E-state index in [1.807, 2.05) is 11.9 Å². The van der Waals surface area contributed by atoms with Crippen molar-refractivity contribution in [3.05, 3.63) is 17.8 Å². The first-order valence-corrected chi connectivity index (χ1v) is 10.7. The molecule has 0 radical (unpaired) electrons. The number of rotatable bonds is 7. The van der Waals surface area contributed by atoms with Crippen LogP contribution in [0, 0.1) is 5.92 Å². The highest BCUT2D eigenvalue weighted by Crippen LogP contribution is 2.23. The summed E-state index contributed by atoms with van der Waals surface area (Å²) in [5, 5.41) is 0. The zero-order valence-corrected chi connectivity index (χ0v) is 17.3. The first-order valence-electron chi connectivity index (χ1n) is 10.7. The Labute approximate surface area is 163 Å². The van der Waals surface area contributed by atoms with E-state index >= 15 is 0 Å². The molecule has 3 rings (SSSR count). The van der Waals surface area contributed by atoms with Gasteiger partial charge in [0.1, 0.15) is 6.26 Å². The van der Waals surface area contributed by atoms with Gasteiger partial charge in [-0.05, 0) is 31.7 Å². The molecule has 1 saturated heterocycles. The molecule has 0 N–H and O–H groups in total. The van der Waals surface area contributed by atoms with Gasteiger partial charge in [-0.15, -0.1) is 0 Å². The van der Waals surface area contributed by atoms with Crippen LogP contribution in [-0.2, 0) is 6.54 Å². The summed E-state index contributed by atoms with van der Waals surface area (Å²) in [4.78, 5) is 24.0. The Bertz CT molecular complexity index is 587. The minimum Gasteiger partial charge on any atom is -0.447 e. The second-order valence-corrected chi connectivity index (χ2v) is 8.63. The van der Waals surface area contributed by atoms with Crippen LogP contribution < -0.4 is 0 Å². The smallest absolute Gasteiger partial charge is 0.275 e. The number of hydrogen-bond acceptors (Lipinski definition) is 5. The van der Waals surface area contributed by atoms with Crippen LogP contribution in [0.15, 0.2) is 10.7 Å². The fourth-order valence-electron chi connectivity index (χ4n) is 4.10. The lowest BCUT2D eigenvalue weighted by Crippen LogP contribution is -2.46. The molecule has 152 valence electrons. The predicted octanol–water partition coefficient (Wildman–Crippen LogP) is 3.24. The Morgan fingerprint density at radius 2 is 1.85 bits per heavy atom. The molecule has 0 atom stereocenters. The second kappa shape index (κ2) is 9.69. The minimum absolute atomic E-state index is 0.00425. The van der Waals surface area contributed by atoms with Crippen LogP contribution in [0.5, 0.6) is 0 Å².